The fourth-order valence-corrected chi connectivity index (χ4v) is 8.17. The summed E-state index contributed by atoms with van der Waals surface area (Å²) in [7, 11) is 0. The topological polar surface area (TPSA) is 25.8 Å². The fourth-order valence-electron chi connectivity index (χ4n) is 7.15. The molecule has 46 heavy (non-hydrogen) atoms. The summed E-state index contributed by atoms with van der Waals surface area (Å²) < 4.78 is 1.25. The largest absolute Gasteiger partial charge is 0.228 e. The van der Waals surface area contributed by atoms with Gasteiger partial charge < -0.3 is 0 Å². The van der Waals surface area contributed by atoms with E-state index in [0.717, 1.165) is 33.2 Å². The third-order valence-electron chi connectivity index (χ3n) is 9.19. The van der Waals surface area contributed by atoms with E-state index in [1.54, 1.807) is 11.3 Å². The van der Waals surface area contributed by atoms with Gasteiger partial charge in [0.05, 0.1) is 21.7 Å². The van der Waals surface area contributed by atoms with E-state index in [-0.39, 0.29) is 0 Å². The molecule has 0 N–H and O–H groups in total. The molecule has 0 fully saturated rings. The molecule has 2 nitrogen and oxygen atoms in total. The molecule has 3 heteroatoms. The molecule has 216 valence electrons. The molecule has 0 aliphatic heterocycles. The van der Waals surface area contributed by atoms with Gasteiger partial charge in [0.25, 0.3) is 0 Å². The van der Waals surface area contributed by atoms with E-state index in [9.17, 15) is 0 Å². The van der Waals surface area contributed by atoms with Crippen LogP contribution in [-0.4, -0.2) is 9.97 Å². The molecule has 0 spiro atoms. The molecule has 1 aliphatic carbocycles. The van der Waals surface area contributed by atoms with Gasteiger partial charge in [0.15, 0.2) is 5.82 Å². The summed E-state index contributed by atoms with van der Waals surface area (Å²) in [6.07, 6.45) is 0. The van der Waals surface area contributed by atoms with Crippen LogP contribution in [0.1, 0.15) is 22.3 Å². The van der Waals surface area contributed by atoms with Gasteiger partial charge in [-0.1, -0.05) is 146 Å². The number of hydrogen-bond donors (Lipinski definition) is 0. The average Bonchev–Trinajstić information content (AvgIpc) is 3.70. The van der Waals surface area contributed by atoms with Gasteiger partial charge in [-0.2, -0.15) is 0 Å². The minimum absolute atomic E-state index is 0.464. The third kappa shape index (κ3) is 4.17. The zero-order valence-corrected chi connectivity index (χ0v) is 25.8. The second kappa shape index (κ2) is 10.8. The molecule has 8 aromatic rings. The number of benzene rings is 6. The predicted octanol–water partition coefficient (Wildman–Crippen LogP) is 11.1. The van der Waals surface area contributed by atoms with Crippen molar-refractivity contribution in [2.75, 3.05) is 0 Å². The van der Waals surface area contributed by atoms with Gasteiger partial charge in [-0.15, -0.1) is 11.3 Å². The van der Waals surface area contributed by atoms with E-state index in [1.165, 1.54) is 43.5 Å². The lowest BCUT2D eigenvalue weighted by Crippen LogP contribution is -2.28. The Hall–Kier alpha value is -5.64. The number of aromatic nitrogens is 2. The molecule has 0 radical (unpaired) electrons. The van der Waals surface area contributed by atoms with E-state index in [0.29, 0.717) is 0 Å². The Morgan fingerprint density at radius 3 is 1.78 bits per heavy atom. The highest BCUT2D eigenvalue weighted by atomic mass is 32.1. The van der Waals surface area contributed by atoms with Crippen LogP contribution in [0.2, 0.25) is 0 Å². The van der Waals surface area contributed by atoms with Crippen molar-refractivity contribution in [2.45, 2.75) is 5.41 Å². The Bertz CT molecular complexity index is 2290. The third-order valence-corrected chi connectivity index (χ3v) is 10.3. The number of rotatable bonds is 5. The van der Waals surface area contributed by atoms with Crippen molar-refractivity contribution < 1.29 is 0 Å². The van der Waals surface area contributed by atoms with Crippen LogP contribution in [0.4, 0.5) is 0 Å². The maximum absolute atomic E-state index is 5.21. The van der Waals surface area contributed by atoms with Crippen molar-refractivity contribution in [3.63, 3.8) is 0 Å². The molecule has 0 saturated heterocycles. The molecule has 1 aliphatic rings. The smallest absolute Gasteiger partial charge is 0.160 e. The maximum atomic E-state index is 5.21. The summed E-state index contributed by atoms with van der Waals surface area (Å²) in [6, 6.07) is 60.9. The zero-order chi connectivity index (χ0) is 30.5. The van der Waals surface area contributed by atoms with E-state index < -0.39 is 5.41 Å². The molecular weight excluding hydrogens is 577 g/mol. The van der Waals surface area contributed by atoms with E-state index >= 15 is 0 Å². The molecule has 0 atom stereocenters. The number of nitrogens with zero attached hydrogens (tertiary/aromatic N) is 2. The highest BCUT2D eigenvalue weighted by molar-refractivity contribution is 7.22. The first-order chi connectivity index (χ1) is 22.8. The molecule has 6 aromatic carbocycles. The second-order valence-corrected chi connectivity index (χ2v) is 12.8. The standard InChI is InChI=1S/C43H28N2S/c1-4-14-29(15-5-1)42-44-38(28-39(45-42)41-27-31-16-10-13-23-40(31)46-41)30-24-25-35-34-21-11-12-22-36(34)43(37(35)26-30,32-17-6-2-7-18-32)33-19-8-3-9-20-33/h1-28H. The summed E-state index contributed by atoms with van der Waals surface area (Å²) >= 11 is 1.77. The first kappa shape index (κ1) is 26.7. The predicted molar refractivity (Wildman–Crippen MR) is 191 cm³/mol. The van der Waals surface area contributed by atoms with Gasteiger partial charge in [0.2, 0.25) is 0 Å². The van der Waals surface area contributed by atoms with Crippen molar-refractivity contribution in [1.82, 2.24) is 9.97 Å². The first-order valence-corrected chi connectivity index (χ1v) is 16.4. The number of thiophene rings is 1. The number of hydrogen-bond acceptors (Lipinski definition) is 3. The molecular formula is C43H28N2S. The van der Waals surface area contributed by atoms with Gasteiger partial charge in [-0.05, 0) is 63.0 Å². The second-order valence-electron chi connectivity index (χ2n) is 11.8. The monoisotopic (exact) mass is 604 g/mol. The Balaban J connectivity index is 1.31. The van der Waals surface area contributed by atoms with Gasteiger partial charge in [-0.3, -0.25) is 0 Å². The lowest BCUT2D eigenvalue weighted by Gasteiger charge is -2.34. The van der Waals surface area contributed by atoms with Crippen molar-refractivity contribution >= 4 is 21.4 Å². The average molecular weight is 605 g/mol. The lowest BCUT2D eigenvalue weighted by atomic mass is 9.67. The van der Waals surface area contributed by atoms with Gasteiger partial charge in [0, 0.05) is 15.8 Å². The normalized spacial score (nSPS) is 13.0. The Kier molecular flexibility index (Phi) is 6.25. The summed E-state index contributed by atoms with van der Waals surface area (Å²) in [5.74, 6) is 0.728. The minimum Gasteiger partial charge on any atom is -0.228 e. The van der Waals surface area contributed by atoms with E-state index in [1.807, 2.05) is 18.2 Å². The van der Waals surface area contributed by atoms with Crippen LogP contribution in [-0.2, 0) is 5.41 Å². The molecule has 9 rings (SSSR count). The Morgan fingerprint density at radius 1 is 0.435 bits per heavy atom. The zero-order valence-electron chi connectivity index (χ0n) is 25.0. The summed E-state index contributed by atoms with van der Waals surface area (Å²) in [5.41, 5.74) is 11.1. The van der Waals surface area contributed by atoms with Crippen LogP contribution in [0.15, 0.2) is 170 Å². The van der Waals surface area contributed by atoms with Crippen molar-refractivity contribution in [3.8, 4) is 44.3 Å². The van der Waals surface area contributed by atoms with Crippen LogP contribution in [0, 0.1) is 0 Å². The van der Waals surface area contributed by atoms with Crippen molar-refractivity contribution in [1.29, 1.82) is 0 Å². The fraction of sp³-hybridized carbons (Fsp3) is 0.0233. The summed E-state index contributed by atoms with van der Waals surface area (Å²) in [5, 5.41) is 1.23. The van der Waals surface area contributed by atoms with Crippen LogP contribution < -0.4 is 0 Å². The maximum Gasteiger partial charge on any atom is 0.160 e. The highest BCUT2D eigenvalue weighted by Gasteiger charge is 2.46. The van der Waals surface area contributed by atoms with Crippen LogP contribution >= 0.6 is 11.3 Å². The molecule has 0 bridgehead atoms. The van der Waals surface area contributed by atoms with Gasteiger partial charge >= 0.3 is 0 Å². The van der Waals surface area contributed by atoms with Crippen molar-refractivity contribution in [3.05, 3.63) is 192 Å². The first-order valence-electron chi connectivity index (χ1n) is 15.6. The van der Waals surface area contributed by atoms with Gasteiger partial charge in [0.1, 0.15) is 0 Å². The van der Waals surface area contributed by atoms with Crippen LogP contribution in [0.5, 0.6) is 0 Å². The Morgan fingerprint density at radius 2 is 1.04 bits per heavy atom. The quantitative estimate of drug-likeness (QED) is 0.195. The SMILES string of the molecule is c1ccc(-c2nc(-c3ccc4c(c3)C(c3ccccc3)(c3ccccc3)c3ccccc3-4)cc(-c3cc4ccccc4s3)n2)cc1. The minimum atomic E-state index is -0.464. The number of fused-ring (bicyclic) bond motifs is 4. The van der Waals surface area contributed by atoms with Gasteiger partial charge in [-0.25, -0.2) is 9.97 Å². The van der Waals surface area contributed by atoms with E-state index in [2.05, 4.69) is 152 Å². The van der Waals surface area contributed by atoms with Crippen molar-refractivity contribution in [2.24, 2.45) is 0 Å². The van der Waals surface area contributed by atoms with Crippen LogP contribution in [0.25, 0.3) is 54.4 Å². The summed E-state index contributed by atoms with van der Waals surface area (Å²) in [4.78, 5) is 11.5. The molecule has 0 amide bonds. The van der Waals surface area contributed by atoms with Crippen LogP contribution in [0.3, 0.4) is 0 Å². The lowest BCUT2D eigenvalue weighted by molar-refractivity contribution is 0.768. The molecule has 2 heterocycles. The molecule has 0 saturated carbocycles. The highest BCUT2D eigenvalue weighted by Crippen LogP contribution is 2.56. The Labute approximate surface area is 272 Å². The van der Waals surface area contributed by atoms with E-state index in [4.69, 9.17) is 9.97 Å². The molecule has 0 unspecified atom stereocenters. The summed E-state index contributed by atoms with van der Waals surface area (Å²) in [6.45, 7) is 0. The molecule has 2 aromatic heterocycles.